The lowest BCUT2D eigenvalue weighted by Crippen LogP contribution is -2.14. The van der Waals surface area contributed by atoms with Crippen molar-refractivity contribution in [2.75, 3.05) is 7.11 Å². The normalized spacial score (nSPS) is 11.6. The summed E-state index contributed by atoms with van der Waals surface area (Å²) < 4.78 is 43.2. The average Bonchev–Trinajstić information content (AvgIpc) is 2.62. The minimum absolute atomic E-state index is 0.00399. The Morgan fingerprint density at radius 2 is 1.81 bits per heavy atom. The summed E-state index contributed by atoms with van der Waals surface area (Å²) in [5.74, 6) is 0.156. The van der Waals surface area contributed by atoms with Gasteiger partial charge in [0.25, 0.3) is 0 Å². The van der Waals surface area contributed by atoms with Crippen molar-refractivity contribution in [1.82, 2.24) is 15.0 Å². The molecule has 0 aliphatic carbocycles. The van der Waals surface area contributed by atoms with Gasteiger partial charge < -0.3 is 4.74 Å². The van der Waals surface area contributed by atoms with Gasteiger partial charge in [-0.3, -0.25) is 4.98 Å². The molecular weight excluding hydrogens is 383 g/mol. The van der Waals surface area contributed by atoms with Gasteiger partial charge in [-0.1, -0.05) is 29.8 Å². The summed E-state index contributed by atoms with van der Waals surface area (Å²) in [5, 5.41) is 0.350. The van der Waals surface area contributed by atoms with Crippen molar-refractivity contribution in [2.24, 2.45) is 0 Å². The van der Waals surface area contributed by atoms with Crippen LogP contribution in [0.4, 0.5) is 13.2 Å². The molecule has 0 saturated carbocycles. The molecule has 0 aliphatic rings. The van der Waals surface area contributed by atoms with Crippen LogP contribution in [-0.2, 0) is 17.5 Å². The van der Waals surface area contributed by atoms with Crippen LogP contribution >= 0.6 is 11.6 Å². The summed E-state index contributed by atoms with van der Waals surface area (Å²) in [5.41, 5.74) is 0.0561. The van der Waals surface area contributed by atoms with Gasteiger partial charge in [-0.15, -0.1) is 0 Å². The summed E-state index contributed by atoms with van der Waals surface area (Å²) in [6.45, 7) is 0.339. The Morgan fingerprint density at radius 1 is 1.11 bits per heavy atom. The Labute approximate surface area is 156 Å². The largest absolute Gasteiger partial charge is 0.416 e. The lowest BCUT2D eigenvalue weighted by atomic mass is 10.1. The van der Waals surface area contributed by atoms with Gasteiger partial charge in [-0.05, 0) is 29.8 Å². The number of rotatable bonds is 4. The lowest BCUT2D eigenvalue weighted by molar-refractivity contribution is -0.137. The van der Waals surface area contributed by atoms with Crippen LogP contribution in [0.1, 0.15) is 11.1 Å². The van der Waals surface area contributed by atoms with Gasteiger partial charge in [0.15, 0.2) is 5.82 Å². The van der Waals surface area contributed by atoms with Crippen molar-refractivity contribution in [3.05, 3.63) is 69.1 Å². The minimum atomic E-state index is -4.45. The van der Waals surface area contributed by atoms with E-state index in [0.29, 0.717) is 17.2 Å². The third-order valence-corrected chi connectivity index (χ3v) is 4.05. The summed E-state index contributed by atoms with van der Waals surface area (Å²) in [6.07, 6.45) is -4.45. The zero-order chi connectivity index (χ0) is 19.6. The summed E-state index contributed by atoms with van der Waals surface area (Å²) in [7, 11) is 1.55. The zero-order valence-electron chi connectivity index (χ0n) is 14.0. The van der Waals surface area contributed by atoms with E-state index in [1.54, 1.807) is 25.3 Å². The van der Waals surface area contributed by atoms with Gasteiger partial charge >= 0.3 is 11.9 Å². The van der Waals surface area contributed by atoms with Crippen molar-refractivity contribution < 1.29 is 17.9 Å². The fourth-order valence-corrected chi connectivity index (χ4v) is 2.67. The Kier molecular flexibility index (Phi) is 5.29. The third-order valence-electron chi connectivity index (χ3n) is 3.72. The van der Waals surface area contributed by atoms with Crippen LogP contribution in [0.3, 0.4) is 0 Å². The van der Waals surface area contributed by atoms with Crippen LogP contribution in [0.5, 0.6) is 0 Å². The van der Waals surface area contributed by atoms with Crippen LogP contribution in [0.25, 0.3) is 22.8 Å². The molecule has 0 aliphatic heterocycles. The van der Waals surface area contributed by atoms with Crippen LogP contribution in [0, 0.1) is 0 Å². The van der Waals surface area contributed by atoms with Crippen molar-refractivity contribution in [3.63, 3.8) is 0 Å². The molecule has 0 atom stereocenters. The molecule has 0 spiro atoms. The highest BCUT2D eigenvalue weighted by atomic mass is 35.5. The molecule has 0 fully saturated rings. The minimum Gasteiger partial charge on any atom is -0.380 e. The first kappa shape index (κ1) is 19.1. The van der Waals surface area contributed by atoms with E-state index >= 15 is 0 Å². The van der Waals surface area contributed by atoms with E-state index in [1.165, 1.54) is 12.1 Å². The van der Waals surface area contributed by atoms with Crippen molar-refractivity contribution >= 4 is 11.6 Å². The number of aromatic amines is 1. The Hall–Kier alpha value is -2.71. The summed E-state index contributed by atoms with van der Waals surface area (Å²) >= 11 is 6.20. The Morgan fingerprint density at radius 3 is 2.44 bits per heavy atom. The molecule has 27 heavy (non-hydrogen) atoms. The molecule has 0 amide bonds. The molecule has 0 radical (unpaired) electrons. The Bertz CT molecular complexity index is 1020. The number of nitrogens with zero attached hydrogens (tertiary/aromatic N) is 2. The monoisotopic (exact) mass is 395 g/mol. The number of alkyl halides is 3. The number of methoxy groups -OCH3 is 1. The van der Waals surface area contributed by atoms with Crippen LogP contribution in [0.2, 0.25) is 5.02 Å². The maximum atomic E-state index is 12.7. The van der Waals surface area contributed by atoms with E-state index < -0.39 is 17.4 Å². The number of hydrogen-bond acceptors (Lipinski definition) is 4. The van der Waals surface area contributed by atoms with Crippen molar-refractivity contribution in [3.8, 4) is 22.8 Å². The van der Waals surface area contributed by atoms with Crippen molar-refractivity contribution in [1.29, 1.82) is 0 Å². The third kappa shape index (κ3) is 4.35. The predicted octanol–water partition coefficient (Wildman–Crippen LogP) is 4.32. The van der Waals surface area contributed by atoms with Crippen LogP contribution < -0.4 is 5.69 Å². The van der Waals surface area contributed by atoms with E-state index in [9.17, 15) is 18.0 Å². The van der Waals surface area contributed by atoms with E-state index in [4.69, 9.17) is 16.3 Å². The number of ether oxygens (including phenoxy) is 1. The summed E-state index contributed by atoms with van der Waals surface area (Å²) in [6, 6.07) is 9.36. The first-order chi connectivity index (χ1) is 12.8. The number of nitrogens with one attached hydrogen (secondary N) is 1. The summed E-state index contributed by atoms with van der Waals surface area (Å²) in [4.78, 5) is 22.4. The first-order valence-corrected chi connectivity index (χ1v) is 8.09. The molecule has 3 rings (SSSR count). The molecule has 2 aromatic carbocycles. The smallest absolute Gasteiger partial charge is 0.380 e. The molecule has 0 unspecified atom stereocenters. The van der Waals surface area contributed by atoms with Crippen molar-refractivity contribution in [2.45, 2.75) is 12.8 Å². The quantitative estimate of drug-likeness (QED) is 0.714. The number of aromatic nitrogens is 3. The van der Waals surface area contributed by atoms with Gasteiger partial charge in [0.2, 0.25) is 0 Å². The molecule has 0 bridgehead atoms. The second kappa shape index (κ2) is 7.50. The predicted molar refractivity (Wildman–Crippen MR) is 94.2 cm³/mol. The second-order valence-electron chi connectivity index (χ2n) is 5.65. The zero-order valence-corrected chi connectivity index (χ0v) is 14.7. The molecule has 5 nitrogen and oxygen atoms in total. The molecule has 140 valence electrons. The molecule has 3 aromatic rings. The Balaban J connectivity index is 2.05. The van der Waals surface area contributed by atoms with Gasteiger partial charge in [0.05, 0.1) is 17.2 Å². The maximum absolute atomic E-state index is 12.7. The maximum Gasteiger partial charge on any atom is 0.416 e. The van der Waals surface area contributed by atoms with Gasteiger partial charge in [0.1, 0.15) is 5.82 Å². The highest BCUT2D eigenvalue weighted by Gasteiger charge is 2.30. The van der Waals surface area contributed by atoms with Gasteiger partial charge in [0, 0.05) is 18.2 Å². The van der Waals surface area contributed by atoms with Gasteiger partial charge in [-0.2, -0.15) is 18.2 Å². The molecule has 0 saturated heterocycles. The molecule has 1 N–H and O–H groups in total. The van der Waals surface area contributed by atoms with E-state index in [1.807, 2.05) is 0 Å². The van der Waals surface area contributed by atoms with E-state index in [0.717, 1.165) is 17.7 Å². The SMILES string of the molecule is COCc1ccc(Cl)c(-c2nc(-c3ccc(C(F)(F)F)cc3)nc(=O)[nH]2)c1. The van der Waals surface area contributed by atoms with Crippen LogP contribution in [-0.4, -0.2) is 22.1 Å². The van der Waals surface area contributed by atoms with Crippen LogP contribution in [0.15, 0.2) is 47.3 Å². The molecular formula is C18H13ClF3N3O2. The highest BCUT2D eigenvalue weighted by molar-refractivity contribution is 6.33. The number of H-pyrrole nitrogens is 1. The topological polar surface area (TPSA) is 67.9 Å². The number of halogens is 4. The average molecular weight is 396 g/mol. The van der Waals surface area contributed by atoms with E-state index in [-0.39, 0.29) is 17.2 Å². The van der Waals surface area contributed by atoms with Gasteiger partial charge in [-0.25, -0.2) is 9.78 Å². The highest BCUT2D eigenvalue weighted by Crippen LogP contribution is 2.31. The van der Waals surface area contributed by atoms with E-state index in [2.05, 4.69) is 15.0 Å². The number of hydrogen-bond donors (Lipinski definition) is 1. The fourth-order valence-electron chi connectivity index (χ4n) is 2.46. The standard InChI is InChI=1S/C18H13ClF3N3O2/c1-27-9-10-2-7-14(19)13(8-10)16-23-15(24-17(26)25-16)11-3-5-12(6-4-11)18(20,21)22/h2-8H,9H2,1H3,(H,23,24,25,26). The second-order valence-corrected chi connectivity index (χ2v) is 6.06. The number of benzene rings is 2. The first-order valence-electron chi connectivity index (χ1n) is 7.71. The molecule has 9 heteroatoms. The molecule has 1 aromatic heterocycles. The molecule has 1 heterocycles. The fraction of sp³-hybridized carbons (Fsp3) is 0.167. The lowest BCUT2D eigenvalue weighted by Gasteiger charge is -2.09.